The predicted octanol–water partition coefficient (Wildman–Crippen LogP) is 5.48. The molecule has 0 bridgehead atoms. The van der Waals surface area contributed by atoms with Gasteiger partial charge in [-0.1, -0.05) is 81.5 Å². The van der Waals surface area contributed by atoms with Crippen LogP contribution in [-0.4, -0.2) is 89.5 Å². The molecule has 7 atom stereocenters. The van der Waals surface area contributed by atoms with Gasteiger partial charge >= 0.3 is 5.97 Å². The van der Waals surface area contributed by atoms with E-state index in [0.717, 1.165) is 22.5 Å². The Morgan fingerprint density at radius 2 is 1.78 bits per heavy atom. The minimum absolute atomic E-state index is 0.0547. The standard InChI is InChI=1S/C39H55NO9/c1-27(23-29(3)33(41)26-47-5)15-9-7-10-16-28(2)34(48-6)24-32-20-19-30(4)39(46,49-32)35(42)36(43)40-22-14-13-21-38(40,37(44)45)25-31-17-11-8-12-18-31/h7-12,15-18,27,29-30,32,34,46H,13-14,19-26H2,1-6H3,(H,44,45)/t27-,29-,30-,32+,34+,38?,39-/m1/s1. The summed E-state index contributed by atoms with van der Waals surface area (Å²) in [6.45, 7) is 7.80. The van der Waals surface area contributed by atoms with Crippen molar-refractivity contribution in [1.82, 2.24) is 4.90 Å². The number of hydrogen-bond donors (Lipinski definition) is 2. The second-order valence-corrected chi connectivity index (χ2v) is 13.8. The number of likely N-dealkylation sites (tertiary alicyclic amines) is 1. The van der Waals surface area contributed by atoms with Crippen molar-refractivity contribution in [2.45, 2.75) is 103 Å². The molecule has 2 fully saturated rings. The number of hydrogen-bond acceptors (Lipinski definition) is 8. The molecule has 0 saturated carbocycles. The molecule has 270 valence electrons. The quantitative estimate of drug-likeness (QED) is 0.162. The molecule has 2 aliphatic heterocycles. The number of allylic oxidation sites excluding steroid dienone is 5. The van der Waals surface area contributed by atoms with Gasteiger partial charge in [0.25, 0.3) is 11.7 Å². The van der Waals surface area contributed by atoms with Crippen LogP contribution in [0.3, 0.4) is 0 Å². The Morgan fingerprint density at radius 1 is 1.06 bits per heavy atom. The summed E-state index contributed by atoms with van der Waals surface area (Å²) in [5, 5.41) is 22.1. The summed E-state index contributed by atoms with van der Waals surface area (Å²) in [5.74, 6) is -6.17. The first-order chi connectivity index (χ1) is 23.3. The Labute approximate surface area is 291 Å². The summed E-state index contributed by atoms with van der Waals surface area (Å²) >= 11 is 0. The highest BCUT2D eigenvalue weighted by Gasteiger charge is 2.56. The average molecular weight is 682 g/mol. The number of benzene rings is 1. The predicted molar refractivity (Wildman–Crippen MR) is 187 cm³/mol. The molecule has 1 aromatic rings. The van der Waals surface area contributed by atoms with Crippen LogP contribution in [0.15, 0.2) is 66.3 Å². The van der Waals surface area contributed by atoms with Crippen molar-refractivity contribution in [2.75, 3.05) is 27.4 Å². The number of ether oxygens (including phenoxy) is 3. The Morgan fingerprint density at radius 3 is 2.43 bits per heavy atom. The zero-order chi connectivity index (χ0) is 36.2. The first kappa shape index (κ1) is 40.0. The maximum absolute atomic E-state index is 13.9. The molecular formula is C39H55NO9. The first-order valence-electron chi connectivity index (χ1n) is 17.4. The Bertz CT molecular complexity index is 1370. The molecule has 10 heteroatoms. The van der Waals surface area contributed by atoms with Crippen LogP contribution in [0.2, 0.25) is 0 Å². The molecule has 1 unspecified atom stereocenters. The van der Waals surface area contributed by atoms with Gasteiger partial charge in [0, 0.05) is 45.4 Å². The van der Waals surface area contributed by atoms with Crippen LogP contribution in [0.5, 0.6) is 0 Å². The van der Waals surface area contributed by atoms with E-state index in [4.69, 9.17) is 14.2 Å². The molecule has 0 radical (unpaired) electrons. The van der Waals surface area contributed by atoms with Gasteiger partial charge in [-0.3, -0.25) is 14.4 Å². The number of methoxy groups -OCH3 is 2. The second kappa shape index (κ2) is 18.5. The summed E-state index contributed by atoms with van der Waals surface area (Å²) < 4.78 is 16.8. The van der Waals surface area contributed by atoms with E-state index in [2.05, 4.69) is 6.92 Å². The number of ketones is 2. The van der Waals surface area contributed by atoms with Gasteiger partial charge in [-0.25, -0.2) is 4.79 Å². The van der Waals surface area contributed by atoms with E-state index in [-0.39, 0.29) is 49.7 Å². The second-order valence-electron chi connectivity index (χ2n) is 13.8. The molecule has 2 heterocycles. The highest BCUT2D eigenvalue weighted by atomic mass is 16.6. The number of piperidine rings is 1. The number of carbonyl (C=O) groups is 4. The Balaban J connectivity index is 1.68. The van der Waals surface area contributed by atoms with Gasteiger partial charge in [0.15, 0.2) is 5.78 Å². The van der Waals surface area contributed by atoms with Gasteiger partial charge < -0.3 is 29.3 Å². The normalized spacial score (nSPS) is 26.8. The number of rotatable bonds is 17. The summed E-state index contributed by atoms with van der Waals surface area (Å²) in [6, 6.07) is 9.06. The van der Waals surface area contributed by atoms with Crippen LogP contribution in [0.25, 0.3) is 0 Å². The van der Waals surface area contributed by atoms with E-state index in [1.165, 1.54) is 7.11 Å². The number of aliphatic hydroxyl groups is 1. The lowest BCUT2D eigenvalue weighted by molar-refractivity contribution is -0.266. The zero-order valence-electron chi connectivity index (χ0n) is 29.9. The summed E-state index contributed by atoms with van der Waals surface area (Å²) in [6.07, 6.45) is 12.3. The fourth-order valence-electron chi connectivity index (χ4n) is 6.92. The molecule has 2 saturated heterocycles. The molecule has 49 heavy (non-hydrogen) atoms. The van der Waals surface area contributed by atoms with E-state index in [9.17, 15) is 29.4 Å². The lowest BCUT2D eigenvalue weighted by Gasteiger charge is -2.46. The summed E-state index contributed by atoms with van der Waals surface area (Å²) in [4.78, 5) is 53.7. The number of aliphatic carboxylic acids is 1. The van der Waals surface area contributed by atoms with Crippen LogP contribution in [-0.2, 0) is 39.8 Å². The minimum atomic E-state index is -2.39. The fourth-order valence-corrected chi connectivity index (χ4v) is 6.92. The van der Waals surface area contributed by atoms with Crippen molar-refractivity contribution in [3.8, 4) is 0 Å². The number of carboxylic acid groups (broad SMARTS) is 1. The van der Waals surface area contributed by atoms with Crippen LogP contribution in [0.4, 0.5) is 0 Å². The van der Waals surface area contributed by atoms with Crippen molar-refractivity contribution in [1.29, 1.82) is 0 Å². The van der Waals surface area contributed by atoms with Crippen molar-refractivity contribution >= 4 is 23.4 Å². The molecule has 1 amide bonds. The molecule has 10 nitrogen and oxygen atoms in total. The third-order valence-electron chi connectivity index (χ3n) is 10.0. The van der Waals surface area contributed by atoms with Crippen LogP contribution >= 0.6 is 0 Å². The van der Waals surface area contributed by atoms with Gasteiger partial charge in [-0.05, 0) is 62.5 Å². The highest BCUT2D eigenvalue weighted by Crippen LogP contribution is 2.38. The SMILES string of the molecule is COCC(=O)[C@H](C)C[C@H](C)C=CC=CC=C(C)[C@H](C[C@@H]1CC[C@@H](C)[C@](O)(C(=O)C(=O)N2CCCCC2(Cc2ccccc2)C(=O)O)O1)OC. The van der Waals surface area contributed by atoms with Crippen LogP contribution < -0.4 is 0 Å². The largest absolute Gasteiger partial charge is 0.479 e. The fraction of sp³-hybridized carbons (Fsp3) is 0.590. The molecule has 0 aromatic heterocycles. The zero-order valence-corrected chi connectivity index (χ0v) is 29.9. The van der Waals surface area contributed by atoms with E-state index in [1.54, 1.807) is 26.2 Å². The molecule has 3 rings (SSSR count). The maximum Gasteiger partial charge on any atom is 0.329 e. The van der Waals surface area contributed by atoms with Crippen molar-refractivity contribution in [3.63, 3.8) is 0 Å². The molecule has 0 spiro atoms. The van der Waals surface area contributed by atoms with Crippen LogP contribution in [0.1, 0.15) is 78.2 Å². The molecule has 2 N–H and O–H groups in total. The summed E-state index contributed by atoms with van der Waals surface area (Å²) in [7, 11) is 3.10. The average Bonchev–Trinajstić information content (AvgIpc) is 3.08. The number of amides is 1. The first-order valence-corrected chi connectivity index (χ1v) is 17.4. The number of carboxylic acids is 1. The highest BCUT2D eigenvalue weighted by molar-refractivity contribution is 6.39. The van der Waals surface area contributed by atoms with E-state index in [0.29, 0.717) is 32.1 Å². The molecule has 1 aromatic carbocycles. The molecule has 0 aliphatic carbocycles. The summed E-state index contributed by atoms with van der Waals surface area (Å²) in [5.41, 5.74) is 0.0481. The Hall–Kier alpha value is -3.44. The third kappa shape index (κ3) is 10.3. The monoisotopic (exact) mass is 681 g/mol. The van der Waals surface area contributed by atoms with Crippen molar-refractivity contribution < 1.29 is 43.6 Å². The topological polar surface area (TPSA) is 140 Å². The number of carbonyl (C=O) groups excluding carboxylic acids is 3. The maximum atomic E-state index is 13.9. The number of nitrogens with zero attached hydrogens (tertiary/aromatic N) is 1. The van der Waals surface area contributed by atoms with Crippen LogP contribution in [0, 0.1) is 17.8 Å². The van der Waals surface area contributed by atoms with Gasteiger partial charge in [-0.2, -0.15) is 0 Å². The van der Waals surface area contributed by atoms with E-state index >= 15 is 0 Å². The van der Waals surface area contributed by atoms with Gasteiger partial charge in [0.2, 0.25) is 5.79 Å². The third-order valence-corrected chi connectivity index (χ3v) is 10.0. The minimum Gasteiger partial charge on any atom is -0.479 e. The lowest BCUT2D eigenvalue weighted by atomic mass is 9.79. The number of Topliss-reactive ketones (excluding diaryl/α,β-unsaturated/α-hetero) is 2. The molecular weight excluding hydrogens is 626 g/mol. The van der Waals surface area contributed by atoms with Crippen molar-refractivity contribution in [3.05, 3.63) is 71.8 Å². The van der Waals surface area contributed by atoms with Crippen molar-refractivity contribution in [2.24, 2.45) is 17.8 Å². The van der Waals surface area contributed by atoms with Gasteiger partial charge in [-0.15, -0.1) is 0 Å². The smallest absolute Gasteiger partial charge is 0.329 e. The van der Waals surface area contributed by atoms with E-state index in [1.807, 2.05) is 62.4 Å². The van der Waals surface area contributed by atoms with E-state index < -0.39 is 41.0 Å². The van der Waals surface area contributed by atoms with Gasteiger partial charge in [0.05, 0.1) is 12.2 Å². The van der Waals surface area contributed by atoms with Gasteiger partial charge in [0.1, 0.15) is 12.1 Å². The molecule has 2 aliphatic rings. The Kier molecular flexibility index (Phi) is 15.1. The lowest BCUT2D eigenvalue weighted by Crippen LogP contribution is -2.66.